The molecule has 0 aliphatic carbocycles. The monoisotopic (exact) mass is 191 g/mol. The van der Waals surface area contributed by atoms with Crippen molar-refractivity contribution < 1.29 is 4.52 Å². The molecule has 0 bridgehead atoms. The van der Waals surface area contributed by atoms with Gasteiger partial charge in [-0.1, -0.05) is 5.16 Å². The fraction of sp³-hybridized carbons (Fsp3) is 0.125. The normalized spacial score (nSPS) is 10.0. The van der Waals surface area contributed by atoms with Gasteiger partial charge in [-0.25, -0.2) is 9.97 Å². The molecular weight excluding hydrogens is 182 g/mol. The first kappa shape index (κ1) is 8.49. The summed E-state index contributed by atoms with van der Waals surface area (Å²) in [5.41, 5.74) is 6.20. The van der Waals surface area contributed by atoms with Crippen molar-refractivity contribution in [3.63, 3.8) is 0 Å². The summed E-state index contributed by atoms with van der Waals surface area (Å²) in [5, 5.41) is 6.76. The second-order valence-corrected chi connectivity index (χ2v) is 2.67. The minimum atomic E-state index is 0.400. The molecule has 6 heteroatoms. The molecule has 6 nitrogen and oxygen atoms in total. The number of nitrogens with one attached hydrogen (secondary N) is 1. The van der Waals surface area contributed by atoms with Crippen molar-refractivity contribution in [1.29, 1.82) is 0 Å². The van der Waals surface area contributed by atoms with E-state index in [1.807, 2.05) is 0 Å². The van der Waals surface area contributed by atoms with Crippen LogP contribution in [0.15, 0.2) is 29.2 Å². The predicted octanol–water partition coefficient (Wildman–Crippen LogP) is 0.659. The van der Waals surface area contributed by atoms with Crippen molar-refractivity contribution in [1.82, 2.24) is 15.1 Å². The average molecular weight is 191 g/mol. The van der Waals surface area contributed by atoms with E-state index in [0.717, 1.165) is 5.69 Å². The summed E-state index contributed by atoms with van der Waals surface area (Å²) < 4.78 is 4.68. The topological polar surface area (TPSA) is 89.9 Å². The van der Waals surface area contributed by atoms with E-state index >= 15 is 0 Å². The molecular formula is C8H9N5O. The van der Waals surface area contributed by atoms with Gasteiger partial charge in [0.15, 0.2) is 0 Å². The fourth-order valence-electron chi connectivity index (χ4n) is 0.939. The molecule has 0 saturated heterocycles. The van der Waals surface area contributed by atoms with Gasteiger partial charge in [0, 0.05) is 6.07 Å². The largest absolute Gasteiger partial charge is 0.382 e. The van der Waals surface area contributed by atoms with E-state index in [1.54, 1.807) is 12.3 Å². The van der Waals surface area contributed by atoms with Crippen molar-refractivity contribution in [2.75, 3.05) is 11.1 Å². The second-order valence-electron chi connectivity index (χ2n) is 2.67. The molecule has 0 fully saturated rings. The molecule has 0 atom stereocenters. The third-order valence-corrected chi connectivity index (χ3v) is 1.61. The van der Waals surface area contributed by atoms with Crippen LogP contribution in [0.5, 0.6) is 0 Å². The minimum Gasteiger partial charge on any atom is -0.382 e. The Balaban J connectivity index is 1.95. The highest BCUT2D eigenvalue weighted by Gasteiger charge is 1.97. The smallest absolute Gasteiger partial charge is 0.144 e. The van der Waals surface area contributed by atoms with E-state index in [-0.39, 0.29) is 0 Å². The molecule has 2 aromatic rings. The van der Waals surface area contributed by atoms with E-state index < -0.39 is 0 Å². The molecule has 0 aliphatic rings. The van der Waals surface area contributed by atoms with Gasteiger partial charge in [-0.3, -0.25) is 0 Å². The average Bonchev–Trinajstić information content (AvgIpc) is 2.70. The number of nitrogens with zero attached hydrogens (tertiary/aromatic N) is 3. The van der Waals surface area contributed by atoms with Crippen molar-refractivity contribution in [2.24, 2.45) is 0 Å². The number of hydrogen-bond acceptors (Lipinski definition) is 6. The van der Waals surface area contributed by atoms with Gasteiger partial charge in [-0.15, -0.1) is 0 Å². The van der Waals surface area contributed by atoms with Crippen LogP contribution in [0.4, 0.5) is 11.6 Å². The van der Waals surface area contributed by atoms with Crippen LogP contribution in [0.25, 0.3) is 0 Å². The van der Waals surface area contributed by atoms with Crippen LogP contribution < -0.4 is 11.1 Å². The predicted molar refractivity (Wildman–Crippen MR) is 50.3 cm³/mol. The first-order valence-corrected chi connectivity index (χ1v) is 4.05. The van der Waals surface area contributed by atoms with Crippen LogP contribution in [0.2, 0.25) is 0 Å². The summed E-state index contributed by atoms with van der Waals surface area (Å²) in [5.74, 6) is 1.05. The number of aromatic nitrogens is 3. The summed E-state index contributed by atoms with van der Waals surface area (Å²) in [6, 6.07) is 1.78. The Morgan fingerprint density at radius 3 is 2.93 bits per heavy atom. The zero-order valence-electron chi connectivity index (χ0n) is 7.34. The van der Waals surface area contributed by atoms with Crippen LogP contribution in [-0.4, -0.2) is 15.1 Å². The Kier molecular flexibility index (Phi) is 2.26. The van der Waals surface area contributed by atoms with Gasteiger partial charge in [-0.05, 0) is 0 Å². The summed E-state index contributed by atoms with van der Waals surface area (Å²) in [4.78, 5) is 7.91. The summed E-state index contributed by atoms with van der Waals surface area (Å²) in [6.07, 6.45) is 4.58. The van der Waals surface area contributed by atoms with Crippen molar-refractivity contribution in [2.45, 2.75) is 6.54 Å². The molecule has 3 N–H and O–H groups in total. The molecule has 2 heterocycles. The highest BCUT2D eigenvalue weighted by Crippen LogP contribution is 2.03. The molecule has 0 unspecified atom stereocenters. The van der Waals surface area contributed by atoms with Crippen molar-refractivity contribution >= 4 is 11.6 Å². The standard InChI is InChI=1S/C8H9N5O/c9-7-4-12-8(5-10-7)11-3-6-1-2-14-13-6/h1-2,4-5H,3H2,(H2,9,10)(H,11,12). The van der Waals surface area contributed by atoms with Gasteiger partial charge in [0.05, 0.1) is 18.9 Å². The molecule has 0 aliphatic heterocycles. The van der Waals surface area contributed by atoms with Crippen molar-refractivity contribution in [3.8, 4) is 0 Å². The summed E-state index contributed by atoms with van der Waals surface area (Å²) in [6.45, 7) is 0.551. The third-order valence-electron chi connectivity index (χ3n) is 1.61. The highest BCUT2D eigenvalue weighted by atomic mass is 16.5. The van der Waals surface area contributed by atoms with Gasteiger partial charge in [0.2, 0.25) is 0 Å². The maximum Gasteiger partial charge on any atom is 0.144 e. The summed E-state index contributed by atoms with van der Waals surface area (Å²) in [7, 11) is 0. The molecule has 2 aromatic heterocycles. The first-order valence-electron chi connectivity index (χ1n) is 4.05. The molecule has 2 rings (SSSR count). The number of nitrogens with two attached hydrogens (primary N) is 1. The molecule has 14 heavy (non-hydrogen) atoms. The number of nitrogen functional groups attached to an aromatic ring is 1. The molecule has 0 amide bonds. The zero-order chi connectivity index (χ0) is 9.80. The highest BCUT2D eigenvalue weighted by molar-refractivity contribution is 5.36. The van der Waals surface area contributed by atoms with E-state index in [9.17, 15) is 0 Å². The summed E-state index contributed by atoms with van der Waals surface area (Å²) >= 11 is 0. The Morgan fingerprint density at radius 2 is 2.29 bits per heavy atom. The molecule has 72 valence electrons. The lowest BCUT2D eigenvalue weighted by molar-refractivity contribution is 0.412. The van der Waals surface area contributed by atoms with Gasteiger partial charge in [0.1, 0.15) is 23.6 Å². The molecule has 0 spiro atoms. The molecule has 0 radical (unpaired) electrons. The number of anilines is 2. The Hall–Kier alpha value is -2.11. The van der Waals surface area contributed by atoms with E-state index in [2.05, 4.69) is 25.0 Å². The van der Waals surface area contributed by atoms with Gasteiger partial charge in [-0.2, -0.15) is 0 Å². The SMILES string of the molecule is Nc1cnc(NCc2ccon2)cn1. The van der Waals surface area contributed by atoms with Crippen LogP contribution >= 0.6 is 0 Å². The molecule has 0 aromatic carbocycles. The Morgan fingerprint density at radius 1 is 1.36 bits per heavy atom. The lowest BCUT2D eigenvalue weighted by Gasteiger charge is -2.01. The van der Waals surface area contributed by atoms with Crippen LogP contribution in [0.1, 0.15) is 5.69 Å². The van der Waals surface area contributed by atoms with E-state index in [0.29, 0.717) is 18.2 Å². The fourth-order valence-corrected chi connectivity index (χ4v) is 0.939. The molecule has 0 saturated carbocycles. The maximum atomic E-state index is 5.39. The van der Waals surface area contributed by atoms with Crippen molar-refractivity contribution in [3.05, 3.63) is 30.4 Å². The van der Waals surface area contributed by atoms with Crippen LogP contribution in [0, 0.1) is 0 Å². The number of hydrogen-bond donors (Lipinski definition) is 2. The quantitative estimate of drug-likeness (QED) is 0.740. The first-order chi connectivity index (χ1) is 6.84. The Bertz CT molecular complexity index is 383. The van der Waals surface area contributed by atoms with E-state index in [4.69, 9.17) is 5.73 Å². The van der Waals surface area contributed by atoms with Gasteiger partial charge < -0.3 is 15.6 Å². The van der Waals surface area contributed by atoms with E-state index in [1.165, 1.54) is 12.5 Å². The lowest BCUT2D eigenvalue weighted by Crippen LogP contribution is -2.02. The van der Waals surface area contributed by atoms with Gasteiger partial charge in [0.25, 0.3) is 0 Å². The van der Waals surface area contributed by atoms with Gasteiger partial charge >= 0.3 is 0 Å². The second kappa shape index (κ2) is 3.73. The van der Waals surface area contributed by atoms with Crippen LogP contribution in [-0.2, 0) is 6.54 Å². The third kappa shape index (κ3) is 1.98. The zero-order valence-corrected chi connectivity index (χ0v) is 7.34. The Labute approximate surface area is 80.1 Å². The number of rotatable bonds is 3. The minimum absolute atomic E-state index is 0.400. The lowest BCUT2D eigenvalue weighted by atomic mass is 10.4. The van der Waals surface area contributed by atoms with Crippen LogP contribution in [0.3, 0.4) is 0 Å². The maximum absolute atomic E-state index is 5.39.